The van der Waals surface area contributed by atoms with Crippen LogP contribution in [0.15, 0.2) is 54.6 Å². The van der Waals surface area contributed by atoms with E-state index in [9.17, 15) is 14.4 Å². The monoisotopic (exact) mass is 388 g/mol. The predicted molar refractivity (Wildman–Crippen MR) is 104 cm³/mol. The van der Waals surface area contributed by atoms with Crippen LogP contribution in [0, 0.1) is 0 Å². The lowest BCUT2D eigenvalue weighted by molar-refractivity contribution is -0.126. The minimum Gasteiger partial charge on any atom is -0.341 e. The molecule has 0 fully saturated rings. The van der Waals surface area contributed by atoms with Crippen LogP contribution < -0.4 is 16.0 Å². The van der Waals surface area contributed by atoms with Crippen LogP contribution in [-0.4, -0.2) is 43.4 Å². The standard InChI is InChI=1S/C19H21ClN4O3/c1-21-19(27)23-18(26)17(13-6-4-3-5-7-13)24(2)12-16(25)22-15-10-8-14(20)9-11-15/h3-11,17H,12H2,1-2H3,(H,22,25)(H2,21,23,26,27)/t17-/m1/s1. The molecule has 2 rings (SSSR count). The second-order valence-electron chi connectivity index (χ2n) is 5.85. The van der Waals surface area contributed by atoms with Crippen LogP contribution in [0.3, 0.4) is 0 Å². The molecule has 0 aliphatic rings. The van der Waals surface area contributed by atoms with E-state index in [1.807, 2.05) is 6.07 Å². The van der Waals surface area contributed by atoms with Gasteiger partial charge in [-0.25, -0.2) is 4.79 Å². The molecular formula is C19H21ClN4O3. The Morgan fingerprint density at radius 3 is 2.26 bits per heavy atom. The molecule has 0 bridgehead atoms. The Labute approximate surface area is 162 Å². The first-order valence-electron chi connectivity index (χ1n) is 8.24. The smallest absolute Gasteiger partial charge is 0.321 e. The largest absolute Gasteiger partial charge is 0.341 e. The molecule has 0 heterocycles. The fourth-order valence-electron chi connectivity index (χ4n) is 2.54. The summed E-state index contributed by atoms with van der Waals surface area (Å²) in [5.74, 6) is -0.823. The highest BCUT2D eigenvalue weighted by Crippen LogP contribution is 2.20. The number of carbonyl (C=O) groups is 3. The first kappa shape index (κ1) is 20.4. The summed E-state index contributed by atoms with van der Waals surface area (Å²) in [5.41, 5.74) is 1.27. The molecule has 3 N–H and O–H groups in total. The molecule has 1 atom stereocenters. The summed E-state index contributed by atoms with van der Waals surface area (Å²) in [7, 11) is 3.06. The SMILES string of the molecule is CNC(=O)NC(=O)[C@@H](c1ccccc1)N(C)CC(=O)Nc1ccc(Cl)cc1. The number of imide groups is 1. The fraction of sp³-hybridized carbons (Fsp3) is 0.211. The molecule has 2 aromatic carbocycles. The number of hydrogen-bond donors (Lipinski definition) is 3. The summed E-state index contributed by atoms with van der Waals surface area (Å²) in [6.07, 6.45) is 0. The Morgan fingerprint density at radius 1 is 1.04 bits per heavy atom. The fourth-order valence-corrected chi connectivity index (χ4v) is 2.66. The summed E-state index contributed by atoms with van der Waals surface area (Å²) in [5, 5.41) is 7.92. The number of nitrogens with one attached hydrogen (secondary N) is 3. The average molecular weight is 389 g/mol. The van der Waals surface area contributed by atoms with Gasteiger partial charge in [0.25, 0.3) is 0 Å². The van der Waals surface area contributed by atoms with E-state index in [2.05, 4.69) is 16.0 Å². The van der Waals surface area contributed by atoms with Crippen LogP contribution in [0.1, 0.15) is 11.6 Å². The zero-order valence-electron chi connectivity index (χ0n) is 15.0. The Bertz CT molecular complexity index is 796. The minimum absolute atomic E-state index is 0.0522. The molecule has 0 aliphatic carbocycles. The summed E-state index contributed by atoms with van der Waals surface area (Å²) in [6, 6.07) is 14.2. The van der Waals surface area contributed by atoms with Crippen molar-refractivity contribution >= 4 is 35.1 Å². The van der Waals surface area contributed by atoms with Crippen LogP contribution in [0.25, 0.3) is 0 Å². The molecule has 0 radical (unpaired) electrons. The normalized spacial score (nSPS) is 11.6. The molecule has 0 unspecified atom stereocenters. The van der Waals surface area contributed by atoms with Crippen molar-refractivity contribution in [1.29, 1.82) is 0 Å². The highest BCUT2D eigenvalue weighted by Gasteiger charge is 2.27. The van der Waals surface area contributed by atoms with Gasteiger partial charge in [0.15, 0.2) is 0 Å². The van der Waals surface area contributed by atoms with Gasteiger partial charge in [-0.05, 0) is 36.9 Å². The molecule has 142 valence electrons. The highest BCUT2D eigenvalue weighted by atomic mass is 35.5. The van der Waals surface area contributed by atoms with E-state index < -0.39 is 18.0 Å². The number of likely N-dealkylation sites (N-methyl/N-ethyl adjacent to an activating group) is 1. The third-order valence-corrected chi connectivity index (χ3v) is 4.04. The van der Waals surface area contributed by atoms with E-state index in [0.29, 0.717) is 16.3 Å². The van der Waals surface area contributed by atoms with Gasteiger partial charge in [0.05, 0.1) is 6.54 Å². The first-order chi connectivity index (χ1) is 12.9. The van der Waals surface area contributed by atoms with E-state index in [4.69, 9.17) is 11.6 Å². The van der Waals surface area contributed by atoms with Gasteiger partial charge in [-0.1, -0.05) is 41.9 Å². The molecule has 0 spiro atoms. The van der Waals surface area contributed by atoms with Gasteiger partial charge in [-0.3, -0.25) is 19.8 Å². The Hall–Kier alpha value is -2.90. The van der Waals surface area contributed by atoms with E-state index in [0.717, 1.165) is 0 Å². The molecule has 7 nitrogen and oxygen atoms in total. The van der Waals surface area contributed by atoms with Crippen molar-refractivity contribution in [3.05, 3.63) is 65.2 Å². The second-order valence-corrected chi connectivity index (χ2v) is 6.29. The molecule has 0 saturated heterocycles. The molecule has 2 aromatic rings. The maximum atomic E-state index is 12.6. The van der Waals surface area contributed by atoms with Gasteiger partial charge in [-0.15, -0.1) is 0 Å². The van der Waals surface area contributed by atoms with Gasteiger partial charge in [0, 0.05) is 17.8 Å². The van der Waals surface area contributed by atoms with Crippen molar-refractivity contribution in [3.63, 3.8) is 0 Å². The number of nitrogens with zero attached hydrogens (tertiary/aromatic N) is 1. The second kappa shape index (κ2) is 9.70. The van der Waals surface area contributed by atoms with Crippen molar-refractivity contribution in [1.82, 2.24) is 15.5 Å². The van der Waals surface area contributed by atoms with Gasteiger partial charge in [0.2, 0.25) is 11.8 Å². The number of rotatable bonds is 6. The zero-order valence-corrected chi connectivity index (χ0v) is 15.8. The van der Waals surface area contributed by atoms with E-state index in [1.165, 1.54) is 7.05 Å². The van der Waals surface area contributed by atoms with E-state index >= 15 is 0 Å². The summed E-state index contributed by atoms with van der Waals surface area (Å²) in [6.45, 7) is -0.0522. The van der Waals surface area contributed by atoms with Crippen LogP contribution >= 0.6 is 11.6 Å². The maximum absolute atomic E-state index is 12.6. The number of carbonyl (C=O) groups excluding carboxylic acids is 3. The molecule has 0 aromatic heterocycles. The molecular weight excluding hydrogens is 368 g/mol. The van der Waals surface area contributed by atoms with Crippen molar-refractivity contribution < 1.29 is 14.4 Å². The predicted octanol–water partition coefficient (Wildman–Crippen LogP) is 2.41. The molecule has 4 amide bonds. The van der Waals surface area contributed by atoms with Gasteiger partial charge in [0.1, 0.15) is 6.04 Å². The number of hydrogen-bond acceptors (Lipinski definition) is 4. The Morgan fingerprint density at radius 2 is 1.67 bits per heavy atom. The van der Waals surface area contributed by atoms with E-state index in [1.54, 1.807) is 60.5 Å². The van der Waals surface area contributed by atoms with Gasteiger partial charge in [-0.2, -0.15) is 0 Å². The molecule has 0 saturated carbocycles. The van der Waals surface area contributed by atoms with Crippen molar-refractivity contribution in [2.75, 3.05) is 26.0 Å². The summed E-state index contributed by atoms with van der Waals surface area (Å²) < 4.78 is 0. The maximum Gasteiger partial charge on any atom is 0.321 e. The van der Waals surface area contributed by atoms with Crippen molar-refractivity contribution in [2.24, 2.45) is 0 Å². The number of halogens is 1. The van der Waals surface area contributed by atoms with Gasteiger partial charge >= 0.3 is 6.03 Å². The lowest BCUT2D eigenvalue weighted by Crippen LogP contribution is -2.46. The van der Waals surface area contributed by atoms with Crippen molar-refractivity contribution in [3.8, 4) is 0 Å². The van der Waals surface area contributed by atoms with E-state index in [-0.39, 0.29) is 12.5 Å². The van der Waals surface area contributed by atoms with Crippen LogP contribution in [0.5, 0.6) is 0 Å². The number of benzene rings is 2. The third-order valence-electron chi connectivity index (χ3n) is 3.79. The average Bonchev–Trinajstić information content (AvgIpc) is 2.64. The minimum atomic E-state index is -0.806. The molecule has 27 heavy (non-hydrogen) atoms. The quantitative estimate of drug-likeness (QED) is 0.708. The topological polar surface area (TPSA) is 90.5 Å². The number of amides is 4. The lowest BCUT2D eigenvalue weighted by atomic mass is 10.0. The summed E-state index contributed by atoms with van der Waals surface area (Å²) in [4.78, 5) is 38.0. The third kappa shape index (κ3) is 6.09. The summed E-state index contributed by atoms with van der Waals surface area (Å²) >= 11 is 5.83. The Balaban J connectivity index is 2.11. The lowest BCUT2D eigenvalue weighted by Gasteiger charge is -2.26. The molecule has 0 aliphatic heterocycles. The first-order valence-corrected chi connectivity index (χ1v) is 8.61. The van der Waals surface area contributed by atoms with Crippen LogP contribution in [0.2, 0.25) is 5.02 Å². The van der Waals surface area contributed by atoms with Crippen LogP contribution in [0.4, 0.5) is 10.5 Å². The highest BCUT2D eigenvalue weighted by molar-refractivity contribution is 6.30. The van der Waals surface area contributed by atoms with Gasteiger partial charge < -0.3 is 10.6 Å². The number of anilines is 1. The number of urea groups is 1. The van der Waals surface area contributed by atoms with Crippen molar-refractivity contribution in [2.45, 2.75) is 6.04 Å². The van der Waals surface area contributed by atoms with Crippen LogP contribution in [-0.2, 0) is 9.59 Å². The zero-order chi connectivity index (χ0) is 19.8. The molecule has 8 heteroatoms. The Kier molecular flexibility index (Phi) is 7.34.